The van der Waals surface area contributed by atoms with Gasteiger partial charge in [-0.1, -0.05) is 36.4 Å². The topological polar surface area (TPSA) is 58.3 Å². The van der Waals surface area contributed by atoms with Crippen LogP contribution in [0.2, 0.25) is 0 Å². The van der Waals surface area contributed by atoms with Crippen molar-refractivity contribution >= 4 is 22.7 Å². The number of nitrogens with zero attached hydrogens (tertiary/aromatic N) is 3. The number of nitriles is 1. The number of carbonyl (C=O) groups is 1. The first-order valence-corrected chi connectivity index (χ1v) is 10.1. The predicted octanol–water partition coefficient (Wildman–Crippen LogP) is 5.86. The molecule has 0 N–H and O–H groups in total. The number of hydrogen-bond acceptors (Lipinski definition) is 4. The van der Waals surface area contributed by atoms with Crippen LogP contribution in [0, 0.1) is 11.3 Å². The Morgan fingerprint density at radius 3 is 2.37 bits per heavy atom. The molecule has 30 heavy (non-hydrogen) atoms. The van der Waals surface area contributed by atoms with Gasteiger partial charge in [0.25, 0.3) is 0 Å². The van der Waals surface area contributed by atoms with Gasteiger partial charge in [-0.2, -0.15) is 5.26 Å². The zero-order valence-corrected chi connectivity index (χ0v) is 18.6. The number of rotatable bonds is 4. The fourth-order valence-electron chi connectivity index (χ4n) is 3.42. The van der Waals surface area contributed by atoms with Crippen LogP contribution in [0.15, 0.2) is 54.7 Å². The Hall–Kier alpha value is -3.26. The zero-order valence-electron chi connectivity index (χ0n) is 18.6. The van der Waals surface area contributed by atoms with E-state index in [4.69, 9.17) is 4.74 Å². The summed E-state index contributed by atoms with van der Waals surface area (Å²) in [4.78, 5) is 15.1. The molecule has 5 nitrogen and oxygen atoms in total. The summed E-state index contributed by atoms with van der Waals surface area (Å²) in [7, 11) is 2.02. The van der Waals surface area contributed by atoms with Gasteiger partial charge >= 0.3 is 6.09 Å². The minimum atomic E-state index is -0.733. The molecule has 0 bridgehead atoms. The van der Waals surface area contributed by atoms with Gasteiger partial charge in [-0.05, 0) is 57.9 Å². The van der Waals surface area contributed by atoms with E-state index >= 15 is 0 Å². The molecule has 0 saturated carbocycles. The van der Waals surface area contributed by atoms with Gasteiger partial charge in [-0.3, -0.25) is 4.57 Å². The molecule has 0 aliphatic heterocycles. The summed E-state index contributed by atoms with van der Waals surface area (Å²) < 4.78 is 7.14. The largest absolute Gasteiger partial charge is 0.443 e. The molecule has 0 aliphatic carbocycles. The lowest BCUT2D eigenvalue weighted by atomic mass is 9.86. The van der Waals surface area contributed by atoms with Crippen molar-refractivity contribution in [1.82, 2.24) is 4.57 Å². The number of hydrogen-bond donors (Lipinski definition) is 0. The van der Waals surface area contributed by atoms with Gasteiger partial charge in [-0.25, -0.2) is 4.79 Å². The smallest absolute Gasteiger partial charge is 0.419 e. The van der Waals surface area contributed by atoms with E-state index in [0.29, 0.717) is 0 Å². The van der Waals surface area contributed by atoms with Crippen molar-refractivity contribution in [2.24, 2.45) is 0 Å². The second-order valence-corrected chi connectivity index (χ2v) is 9.17. The third-order valence-corrected chi connectivity index (χ3v) is 5.04. The van der Waals surface area contributed by atoms with E-state index in [1.807, 2.05) is 78.1 Å². The maximum atomic E-state index is 12.9. The highest BCUT2D eigenvalue weighted by Gasteiger charge is 2.28. The molecule has 0 aliphatic rings. The van der Waals surface area contributed by atoms with Gasteiger partial charge in [-0.15, -0.1) is 0 Å². The first kappa shape index (κ1) is 21.4. The van der Waals surface area contributed by atoms with Crippen molar-refractivity contribution < 1.29 is 9.53 Å². The predicted molar refractivity (Wildman–Crippen MR) is 121 cm³/mol. The maximum Gasteiger partial charge on any atom is 0.419 e. The number of ether oxygens (including phenoxy) is 1. The van der Waals surface area contributed by atoms with Crippen molar-refractivity contribution in [2.45, 2.75) is 52.2 Å². The SMILES string of the molecule is CN(Cc1ccccc1)c1ccc2c(C(C)(C)C#N)cn(C(=O)OC(C)(C)C)c2c1. The normalized spacial score (nSPS) is 11.9. The Bertz CT molecular complexity index is 1100. The molecule has 5 heteroatoms. The van der Waals surface area contributed by atoms with E-state index < -0.39 is 17.1 Å². The first-order chi connectivity index (χ1) is 14.0. The van der Waals surface area contributed by atoms with Crippen LogP contribution in [0.4, 0.5) is 10.5 Å². The molecule has 0 fully saturated rings. The van der Waals surface area contributed by atoms with Gasteiger partial charge in [0.15, 0.2) is 0 Å². The third kappa shape index (κ3) is 4.49. The molecular weight excluding hydrogens is 374 g/mol. The van der Waals surface area contributed by atoms with Crippen molar-refractivity contribution in [3.05, 3.63) is 65.9 Å². The molecular formula is C25H29N3O2. The molecule has 0 spiro atoms. The molecule has 1 aromatic heterocycles. The lowest BCUT2D eigenvalue weighted by molar-refractivity contribution is 0.0544. The lowest BCUT2D eigenvalue weighted by Crippen LogP contribution is -2.27. The number of fused-ring (bicyclic) bond motifs is 1. The minimum absolute atomic E-state index is 0.449. The van der Waals surface area contributed by atoms with E-state index in [9.17, 15) is 10.1 Å². The van der Waals surface area contributed by atoms with Crippen LogP contribution in [0.3, 0.4) is 0 Å². The fraction of sp³-hybridized carbons (Fsp3) is 0.360. The van der Waals surface area contributed by atoms with E-state index in [1.54, 1.807) is 6.20 Å². The van der Waals surface area contributed by atoms with Crippen molar-refractivity contribution in [2.75, 3.05) is 11.9 Å². The molecule has 1 heterocycles. The van der Waals surface area contributed by atoms with E-state index in [-0.39, 0.29) is 0 Å². The molecule has 0 atom stereocenters. The summed E-state index contributed by atoms with van der Waals surface area (Å²) in [5.41, 5.74) is 2.39. The summed E-state index contributed by atoms with van der Waals surface area (Å²) >= 11 is 0. The Morgan fingerprint density at radius 1 is 1.10 bits per heavy atom. The van der Waals surface area contributed by atoms with Crippen LogP contribution in [0.25, 0.3) is 10.9 Å². The minimum Gasteiger partial charge on any atom is -0.443 e. The summed E-state index contributed by atoms with van der Waals surface area (Å²) in [6.45, 7) is 9.99. The highest BCUT2D eigenvalue weighted by molar-refractivity contribution is 5.95. The molecule has 0 saturated heterocycles. The number of anilines is 1. The van der Waals surface area contributed by atoms with Crippen LogP contribution in [0.1, 0.15) is 45.7 Å². The Kier molecular flexibility index (Phi) is 5.63. The standard InChI is InChI=1S/C25H29N3O2/c1-24(2,3)30-23(29)28-16-21(25(4,5)17-26)20-13-12-19(14-22(20)28)27(6)15-18-10-8-7-9-11-18/h7-14,16H,15H2,1-6H3. The number of benzene rings is 2. The molecule has 3 aromatic rings. The van der Waals surface area contributed by atoms with Crippen LogP contribution in [-0.4, -0.2) is 23.3 Å². The van der Waals surface area contributed by atoms with Crippen molar-refractivity contribution in [3.8, 4) is 6.07 Å². The van der Waals surface area contributed by atoms with E-state index in [1.165, 1.54) is 10.1 Å². The van der Waals surface area contributed by atoms with Gasteiger partial charge in [0.2, 0.25) is 0 Å². The molecule has 2 aromatic carbocycles. The molecule has 0 amide bonds. The van der Waals surface area contributed by atoms with Crippen LogP contribution in [-0.2, 0) is 16.7 Å². The number of carbonyl (C=O) groups excluding carboxylic acids is 1. The highest BCUT2D eigenvalue weighted by Crippen LogP contribution is 2.34. The quantitative estimate of drug-likeness (QED) is 0.547. The second kappa shape index (κ2) is 7.87. The molecule has 0 radical (unpaired) electrons. The zero-order chi connectivity index (χ0) is 22.1. The number of aromatic nitrogens is 1. The van der Waals surface area contributed by atoms with Crippen molar-refractivity contribution in [3.63, 3.8) is 0 Å². The lowest BCUT2D eigenvalue weighted by Gasteiger charge is -2.21. The Morgan fingerprint density at radius 2 is 1.77 bits per heavy atom. The third-order valence-electron chi connectivity index (χ3n) is 5.04. The monoisotopic (exact) mass is 403 g/mol. The Balaban J connectivity index is 2.08. The van der Waals surface area contributed by atoms with E-state index in [0.717, 1.165) is 28.7 Å². The first-order valence-electron chi connectivity index (χ1n) is 10.1. The van der Waals surface area contributed by atoms with E-state index in [2.05, 4.69) is 23.1 Å². The van der Waals surface area contributed by atoms with Gasteiger partial charge in [0, 0.05) is 30.9 Å². The van der Waals surface area contributed by atoms with Gasteiger partial charge < -0.3 is 9.64 Å². The summed E-state index contributed by atoms with van der Waals surface area (Å²) in [5, 5.41) is 10.5. The molecule has 156 valence electrons. The summed E-state index contributed by atoms with van der Waals surface area (Å²) in [6.07, 6.45) is 1.29. The van der Waals surface area contributed by atoms with Gasteiger partial charge in [0.05, 0.1) is 17.0 Å². The molecule has 0 unspecified atom stereocenters. The van der Waals surface area contributed by atoms with Crippen molar-refractivity contribution in [1.29, 1.82) is 5.26 Å². The summed E-state index contributed by atoms with van der Waals surface area (Å²) in [5.74, 6) is 0. The second-order valence-electron chi connectivity index (χ2n) is 9.17. The van der Waals surface area contributed by atoms with Gasteiger partial charge in [0.1, 0.15) is 5.60 Å². The fourth-order valence-corrected chi connectivity index (χ4v) is 3.42. The van der Waals surface area contributed by atoms with Crippen LogP contribution in [0.5, 0.6) is 0 Å². The van der Waals surface area contributed by atoms with Crippen LogP contribution < -0.4 is 4.90 Å². The van der Waals surface area contributed by atoms with Crippen LogP contribution >= 0.6 is 0 Å². The maximum absolute atomic E-state index is 12.9. The average Bonchev–Trinajstić information content (AvgIpc) is 3.07. The highest BCUT2D eigenvalue weighted by atomic mass is 16.6. The average molecular weight is 404 g/mol. The molecule has 3 rings (SSSR count). The summed E-state index contributed by atoms with van der Waals surface area (Å²) in [6, 6.07) is 18.6. The Labute approximate surface area is 178 Å².